The van der Waals surface area contributed by atoms with Gasteiger partial charge in [0.15, 0.2) is 0 Å². The molecule has 1 unspecified atom stereocenters. The first kappa shape index (κ1) is 13.9. The highest BCUT2D eigenvalue weighted by molar-refractivity contribution is 6.01. The van der Waals surface area contributed by atoms with Gasteiger partial charge in [0, 0.05) is 19.7 Å². The van der Waals surface area contributed by atoms with E-state index < -0.39 is 12.0 Å². The van der Waals surface area contributed by atoms with Crippen LogP contribution in [-0.2, 0) is 9.59 Å². The van der Waals surface area contributed by atoms with Crippen molar-refractivity contribution in [2.75, 3.05) is 12.4 Å². The number of hydrogen-bond donors (Lipinski definition) is 2. The molecule has 1 fully saturated rings. The summed E-state index contributed by atoms with van der Waals surface area (Å²) >= 11 is 0. The average Bonchev–Trinajstić information content (AvgIpc) is 2.39. The summed E-state index contributed by atoms with van der Waals surface area (Å²) in [7, 11) is 1.43. The van der Waals surface area contributed by atoms with E-state index in [9.17, 15) is 14.4 Å². The molecule has 8 nitrogen and oxygen atoms in total. The molecular formula is C12H14N4O4. The van der Waals surface area contributed by atoms with E-state index in [1.54, 1.807) is 6.92 Å². The largest absolute Gasteiger partial charge is 0.478 e. The van der Waals surface area contributed by atoms with Crippen molar-refractivity contribution in [3.63, 3.8) is 0 Å². The Labute approximate surface area is 114 Å². The van der Waals surface area contributed by atoms with E-state index in [4.69, 9.17) is 5.11 Å². The van der Waals surface area contributed by atoms with Gasteiger partial charge >= 0.3 is 5.97 Å². The van der Waals surface area contributed by atoms with E-state index in [0.717, 1.165) is 4.90 Å². The van der Waals surface area contributed by atoms with Gasteiger partial charge in [-0.15, -0.1) is 0 Å². The number of amides is 2. The van der Waals surface area contributed by atoms with Crippen LogP contribution >= 0.6 is 0 Å². The topological polar surface area (TPSA) is 112 Å². The number of hydrogen-bond acceptors (Lipinski definition) is 6. The van der Waals surface area contributed by atoms with Gasteiger partial charge in [-0.05, 0) is 13.3 Å². The highest BCUT2D eigenvalue weighted by Crippen LogP contribution is 2.15. The quantitative estimate of drug-likeness (QED) is 0.751. The van der Waals surface area contributed by atoms with Crippen molar-refractivity contribution in [3.8, 4) is 0 Å². The Morgan fingerprint density at radius 1 is 1.50 bits per heavy atom. The van der Waals surface area contributed by atoms with Crippen LogP contribution < -0.4 is 5.32 Å². The van der Waals surface area contributed by atoms with Gasteiger partial charge in [-0.3, -0.25) is 14.5 Å². The maximum Gasteiger partial charge on any atom is 0.339 e. The number of carbonyl (C=O) groups is 3. The molecule has 1 aromatic heterocycles. The van der Waals surface area contributed by atoms with E-state index in [1.165, 1.54) is 13.2 Å². The summed E-state index contributed by atoms with van der Waals surface area (Å²) < 4.78 is 0. The van der Waals surface area contributed by atoms with Crippen LogP contribution in [0.4, 0.5) is 5.95 Å². The third-order valence-electron chi connectivity index (χ3n) is 3.16. The molecule has 2 amide bonds. The molecule has 20 heavy (non-hydrogen) atoms. The van der Waals surface area contributed by atoms with Gasteiger partial charge in [0.2, 0.25) is 11.9 Å². The number of likely N-dealkylation sites (N-methyl/N-ethyl adjacent to an activating group) is 1. The lowest BCUT2D eigenvalue weighted by molar-refractivity contribution is -0.146. The zero-order chi connectivity index (χ0) is 14.9. The molecule has 8 heteroatoms. The number of aryl methyl sites for hydroxylation is 1. The molecule has 1 saturated heterocycles. The van der Waals surface area contributed by atoms with Gasteiger partial charge in [0.1, 0.15) is 6.04 Å². The molecule has 106 valence electrons. The van der Waals surface area contributed by atoms with Crippen LogP contribution in [0, 0.1) is 6.92 Å². The lowest BCUT2D eigenvalue weighted by Crippen LogP contribution is -2.48. The molecule has 0 radical (unpaired) electrons. The smallest absolute Gasteiger partial charge is 0.339 e. The summed E-state index contributed by atoms with van der Waals surface area (Å²) in [4.78, 5) is 43.1. The van der Waals surface area contributed by atoms with Crippen molar-refractivity contribution in [2.24, 2.45) is 0 Å². The number of likely N-dealkylation sites (tertiary alicyclic amines) is 1. The fourth-order valence-electron chi connectivity index (χ4n) is 1.95. The van der Waals surface area contributed by atoms with Gasteiger partial charge in [-0.25, -0.2) is 14.8 Å². The number of carboxylic acid groups (broad SMARTS) is 1. The molecule has 0 bridgehead atoms. The molecule has 2 N–H and O–H groups in total. The fourth-order valence-corrected chi connectivity index (χ4v) is 1.95. The highest BCUT2D eigenvalue weighted by atomic mass is 16.4. The number of nitrogens with zero attached hydrogens (tertiary/aromatic N) is 3. The first-order valence-corrected chi connectivity index (χ1v) is 6.04. The first-order valence-electron chi connectivity index (χ1n) is 6.04. The minimum Gasteiger partial charge on any atom is -0.478 e. The minimum absolute atomic E-state index is 0.0119. The third-order valence-corrected chi connectivity index (χ3v) is 3.16. The number of aromatic nitrogens is 2. The number of piperidine rings is 1. The molecule has 1 aliphatic heterocycles. The summed E-state index contributed by atoms with van der Waals surface area (Å²) in [6.07, 6.45) is 1.83. The molecule has 0 aliphatic carbocycles. The van der Waals surface area contributed by atoms with Crippen LogP contribution in [0.3, 0.4) is 0 Å². The zero-order valence-electron chi connectivity index (χ0n) is 11.1. The van der Waals surface area contributed by atoms with E-state index in [2.05, 4.69) is 15.3 Å². The van der Waals surface area contributed by atoms with Gasteiger partial charge < -0.3 is 10.4 Å². The van der Waals surface area contributed by atoms with Crippen molar-refractivity contribution in [3.05, 3.63) is 17.5 Å². The Kier molecular flexibility index (Phi) is 3.64. The number of aromatic carboxylic acids is 1. The number of nitrogens with one attached hydrogen (secondary N) is 1. The number of anilines is 1. The highest BCUT2D eigenvalue weighted by Gasteiger charge is 2.32. The fraction of sp³-hybridized carbons (Fsp3) is 0.417. The van der Waals surface area contributed by atoms with Crippen LogP contribution in [0.5, 0.6) is 0 Å². The monoisotopic (exact) mass is 278 g/mol. The van der Waals surface area contributed by atoms with Gasteiger partial charge in [0.25, 0.3) is 5.91 Å². The maximum absolute atomic E-state index is 11.9. The number of carbonyl (C=O) groups excluding carboxylic acids is 2. The molecule has 1 aliphatic rings. The zero-order valence-corrected chi connectivity index (χ0v) is 11.1. The molecule has 0 saturated carbocycles. The Balaban J connectivity index is 2.14. The normalized spacial score (nSPS) is 19.1. The van der Waals surface area contributed by atoms with Crippen LogP contribution in [0.25, 0.3) is 0 Å². The second-order valence-corrected chi connectivity index (χ2v) is 4.52. The van der Waals surface area contributed by atoms with Crippen molar-refractivity contribution in [2.45, 2.75) is 25.8 Å². The van der Waals surface area contributed by atoms with Crippen LogP contribution in [0.15, 0.2) is 6.20 Å². The van der Waals surface area contributed by atoms with Crippen LogP contribution in [0.2, 0.25) is 0 Å². The van der Waals surface area contributed by atoms with E-state index in [1.807, 2.05) is 0 Å². The molecule has 2 heterocycles. The Bertz CT molecular complexity index is 587. The third kappa shape index (κ3) is 2.58. The van der Waals surface area contributed by atoms with E-state index in [-0.39, 0.29) is 29.7 Å². The molecule has 1 aromatic rings. The molecule has 1 atom stereocenters. The average molecular weight is 278 g/mol. The molecule has 0 spiro atoms. The number of carboxylic acids is 1. The SMILES string of the molecule is Cc1nc(NC2CCC(=O)N(C)C2=O)ncc1C(=O)O. The first-order chi connectivity index (χ1) is 9.40. The van der Waals surface area contributed by atoms with E-state index in [0.29, 0.717) is 12.1 Å². The minimum atomic E-state index is -1.10. The lowest BCUT2D eigenvalue weighted by atomic mass is 10.1. The summed E-state index contributed by atoms with van der Waals surface area (Å²) in [5.41, 5.74) is 0.320. The van der Waals surface area contributed by atoms with Crippen molar-refractivity contribution in [1.29, 1.82) is 0 Å². The number of rotatable bonds is 3. The van der Waals surface area contributed by atoms with Crippen LogP contribution in [-0.4, -0.2) is 50.8 Å². The summed E-state index contributed by atoms with van der Waals surface area (Å²) in [5.74, 6) is -1.49. The van der Waals surface area contributed by atoms with Gasteiger partial charge in [0.05, 0.1) is 11.3 Å². The van der Waals surface area contributed by atoms with Crippen molar-refractivity contribution >= 4 is 23.7 Å². The summed E-state index contributed by atoms with van der Waals surface area (Å²) in [6, 6.07) is -0.576. The Morgan fingerprint density at radius 2 is 2.20 bits per heavy atom. The number of imide groups is 1. The summed E-state index contributed by atoms with van der Waals surface area (Å²) in [6.45, 7) is 1.55. The van der Waals surface area contributed by atoms with Gasteiger partial charge in [-0.1, -0.05) is 0 Å². The predicted octanol–water partition coefficient (Wildman–Crippen LogP) is 0.0425. The lowest BCUT2D eigenvalue weighted by Gasteiger charge is -2.28. The summed E-state index contributed by atoms with van der Waals surface area (Å²) in [5, 5.41) is 11.7. The molecule has 0 aromatic carbocycles. The predicted molar refractivity (Wildman–Crippen MR) is 68.2 cm³/mol. The maximum atomic E-state index is 11.9. The second-order valence-electron chi connectivity index (χ2n) is 4.52. The van der Waals surface area contributed by atoms with Crippen LogP contribution in [0.1, 0.15) is 28.9 Å². The van der Waals surface area contributed by atoms with Gasteiger partial charge in [-0.2, -0.15) is 0 Å². The van der Waals surface area contributed by atoms with E-state index >= 15 is 0 Å². The van der Waals surface area contributed by atoms with Crippen molar-refractivity contribution < 1.29 is 19.5 Å². The second kappa shape index (κ2) is 5.24. The Morgan fingerprint density at radius 3 is 2.80 bits per heavy atom. The molecular weight excluding hydrogens is 264 g/mol. The molecule has 2 rings (SSSR count). The van der Waals surface area contributed by atoms with Crippen molar-refractivity contribution in [1.82, 2.24) is 14.9 Å². The Hall–Kier alpha value is -2.51. The standard InChI is InChI=1S/C12H14N4O4/c1-6-7(11(19)20)5-13-12(14-6)15-8-3-4-9(17)16(2)10(8)18/h5,8H,3-4H2,1-2H3,(H,19,20)(H,13,14,15).